The van der Waals surface area contributed by atoms with Crippen molar-refractivity contribution in [2.24, 2.45) is 5.92 Å². The van der Waals surface area contributed by atoms with Crippen molar-refractivity contribution in [2.45, 2.75) is 37.7 Å². The maximum atomic E-state index is 11.6. The Morgan fingerprint density at radius 3 is 2.88 bits per heavy atom. The smallest absolute Gasteiger partial charge is 0.407 e. The van der Waals surface area contributed by atoms with Crippen molar-refractivity contribution in [2.75, 3.05) is 18.8 Å². The second kappa shape index (κ2) is 4.45. The topological polar surface area (TPSA) is 50.4 Å². The van der Waals surface area contributed by atoms with E-state index in [1.54, 1.807) is 0 Å². The Balaban J connectivity index is 1.83. The third-order valence-electron chi connectivity index (χ3n) is 2.91. The van der Waals surface area contributed by atoms with Crippen LogP contribution in [0.15, 0.2) is 0 Å². The lowest BCUT2D eigenvalue weighted by Crippen LogP contribution is -2.44. The first-order chi connectivity index (χ1) is 7.46. The van der Waals surface area contributed by atoms with E-state index in [2.05, 4.69) is 10.6 Å². The first kappa shape index (κ1) is 12.0. The number of carbonyl (C=O) groups is 1. The summed E-state index contributed by atoms with van der Waals surface area (Å²) in [4.78, 5) is 11.6. The highest BCUT2D eigenvalue weighted by Crippen LogP contribution is 2.34. The van der Waals surface area contributed by atoms with Crippen molar-refractivity contribution >= 4 is 17.9 Å². The van der Waals surface area contributed by atoms with Crippen molar-refractivity contribution in [3.8, 4) is 0 Å². The van der Waals surface area contributed by atoms with E-state index < -0.39 is 5.60 Å². The van der Waals surface area contributed by atoms with Crippen LogP contribution in [0, 0.1) is 5.92 Å². The number of fused-ring (bicyclic) bond motifs is 1. The summed E-state index contributed by atoms with van der Waals surface area (Å²) in [6, 6.07) is 0.264. The first-order valence-electron chi connectivity index (χ1n) is 5.77. The molecule has 5 heteroatoms. The highest BCUT2D eigenvalue weighted by molar-refractivity contribution is 8.00. The summed E-state index contributed by atoms with van der Waals surface area (Å²) in [5.41, 5.74) is -0.414. The third-order valence-corrected chi connectivity index (χ3v) is 4.41. The molecule has 0 bridgehead atoms. The fourth-order valence-electron chi connectivity index (χ4n) is 2.22. The summed E-state index contributed by atoms with van der Waals surface area (Å²) >= 11 is 1.95. The van der Waals surface area contributed by atoms with Gasteiger partial charge >= 0.3 is 6.09 Å². The summed E-state index contributed by atoms with van der Waals surface area (Å²) in [6.07, 6.45) is -0.286. The number of carbonyl (C=O) groups excluding carboxylic acids is 1. The van der Waals surface area contributed by atoms with Gasteiger partial charge in [-0.05, 0) is 20.8 Å². The quantitative estimate of drug-likeness (QED) is 0.728. The van der Waals surface area contributed by atoms with Gasteiger partial charge in [-0.1, -0.05) is 0 Å². The number of thioether (sulfide) groups is 1. The van der Waals surface area contributed by atoms with Gasteiger partial charge in [0, 0.05) is 36.1 Å². The van der Waals surface area contributed by atoms with Crippen LogP contribution in [0.3, 0.4) is 0 Å². The fourth-order valence-corrected chi connectivity index (χ4v) is 3.77. The van der Waals surface area contributed by atoms with E-state index in [1.165, 1.54) is 0 Å². The second-order valence-corrected chi connectivity index (χ2v) is 6.72. The molecule has 2 N–H and O–H groups in total. The summed E-state index contributed by atoms with van der Waals surface area (Å²) in [5.74, 6) is 1.58. The lowest BCUT2D eigenvalue weighted by Gasteiger charge is -2.23. The van der Waals surface area contributed by atoms with Gasteiger partial charge in [0.05, 0.1) is 0 Å². The molecule has 1 amide bonds. The van der Waals surface area contributed by atoms with Crippen molar-refractivity contribution in [1.82, 2.24) is 10.6 Å². The average molecular weight is 244 g/mol. The number of nitrogens with one attached hydrogen (secondary N) is 2. The Hall–Kier alpha value is -0.420. The molecule has 2 heterocycles. The summed E-state index contributed by atoms with van der Waals surface area (Å²) in [5, 5.41) is 7.01. The average Bonchev–Trinajstić information content (AvgIpc) is 2.66. The van der Waals surface area contributed by atoms with E-state index in [4.69, 9.17) is 4.74 Å². The van der Waals surface area contributed by atoms with E-state index in [0.717, 1.165) is 18.8 Å². The van der Waals surface area contributed by atoms with Crippen molar-refractivity contribution in [1.29, 1.82) is 0 Å². The van der Waals surface area contributed by atoms with E-state index in [-0.39, 0.29) is 12.1 Å². The fraction of sp³-hybridized carbons (Fsp3) is 0.909. The summed E-state index contributed by atoms with van der Waals surface area (Å²) < 4.78 is 5.27. The van der Waals surface area contributed by atoms with Crippen LogP contribution in [0.5, 0.6) is 0 Å². The lowest BCUT2D eigenvalue weighted by atomic mass is 10.0. The summed E-state index contributed by atoms with van der Waals surface area (Å²) in [6.45, 7) is 7.74. The molecule has 0 aromatic heterocycles. The molecule has 0 spiro atoms. The molecule has 3 unspecified atom stereocenters. The van der Waals surface area contributed by atoms with Crippen molar-refractivity contribution in [3.63, 3.8) is 0 Å². The Morgan fingerprint density at radius 1 is 1.44 bits per heavy atom. The zero-order valence-electron chi connectivity index (χ0n) is 10.1. The SMILES string of the molecule is CC(C)(C)OC(=O)NC1CSC2CNCC12. The molecule has 0 aromatic carbocycles. The monoisotopic (exact) mass is 244 g/mol. The van der Waals surface area contributed by atoms with E-state index in [9.17, 15) is 4.79 Å². The van der Waals surface area contributed by atoms with Gasteiger partial charge in [0.15, 0.2) is 0 Å². The molecule has 2 aliphatic heterocycles. The molecule has 92 valence electrons. The number of ether oxygens (including phenoxy) is 1. The molecule has 0 aliphatic carbocycles. The molecule has 16 heavy (non-hydrogen) atoms. The van der Waals surface area contributed by atoms with Crippen LogP contribution < -0.4 is 10.6 Å². The number of hydrogen-bond donors (Lipinski definition) is 2. The molecule has 0 saturated carbocycles. The molecule has 4 nitrogen and oxygen atoms in total. The van der Waals surface area contributed by atoms with Gasteiger partial charge in [0.1, 0.15) is 5.60 Å². The van der Waals surface area contributed by atoms with Gasteiger partial charge in [0.2, 0.25) is 0 Å². The Morgan fingerprint density at radius 2 is 2.19 bits per heavy atom. The van der Waals surface area contributed by atoms with Crippen LogP contribution >= 0.6 is 11.8 Å². The lowest BCUT2D eigenvalue weighted by molar-refractivity contribution is 0.0499. The van der Waals surface area contributed by atoms with Crippen LogP contribution in [0.2, 0.25) is 0 Å². The van der Waals surface area contributed by atoms with Crippen LogP contribution in [0.25, 0.3) is 0 Å². The van der Waals surface area contributed by atoms with Crippen LogP contribution in [0.4, 0.5) is 4.79 Å². The van der Waals surface area contributed by atoms with E-state index in [0.29, 0.717) is 11.2 Å². The normalized spacial score (nSPS) is 33.6. The molecule has 0 aromatic rings. The number of alkyl carbamates (subject to hydrolysis) is 1. The molecular formula is C11H20N2O2S. The number of amides is 1. The highest BCUT2D eigenvalue weighted by atomic mass is 32.2. The van der Waals surface area contributed by atoms with E-state index >= 15 is 0 Å². The second-order valence-electron chi connectivity index (χ2n) is 5.45. The van der Waals surface area contributed by atoms with Crippen molar-refractivity contribution in [3.05, 3.63) is 0 Å². The molecule has 0 radical (unpaired) electrons. The Labute approximate surface area is 101 Å². The van der Waals surface area contributed by atoms with Gasteiger partial charge in [-0.25, -0.2) is 4.79 Å². The maximum Gasteiger partial charge on any atom is 0.407 e. The maximum absolute atomic E-state index is 11.6. The highest BCUT2D eigenvalue weighted by Gasteiger charge is 2.40. The van der Waals surface area contributed by atoms with Gasteiger partial charge < -0.3 is 15.4 Å². The van der Waals surface area contributed by atoms with Crippen LogP contribution in [-0.2, 0) is 4.74 Å². The predicted octanol–water partition coefficient (Wildman–Crippen LogP) is 1.21. The molecule has 2 rings (SSSR count). The summed E-state index contributed by atoms with van der Waals surface area (Å²) in [7, 11) is 0. The molecule has 2 saturated heterocycles. The van der Waals surface area contributed by atoms with E-state index in [1.807, 2.05) is 32.5 Å². The van der Waals surface area contributed by atoms with Gasteiger partial charge in [0.25, 0.3) is 0 Å². The van der Waals surface area contributed by atoms with Gasteiger partial charge in [-0.3, -0.25) is 0 Å². The standard InChI is InChI=1S/C11H20N2O2S/c1-11(2,3)15-10(14)13-8-6-16-9-5-12-4-7(8)9/h7-9,12H,4-6H2,1-3H3,(H,13,14). The Bertz CT molecular complexity index is 278. The van der Waals surface area contributed by atoms with Crippen molar-refractivity contribution < 1.29 is 9.53 Å². The first-order valence-corrected chi connectivity index (χ1v) is 6.82. The molecule has 3 atom stereocenters. The minimum Gasteiger partial charge on any atom is -0.444 e. The minimum atomic E-state index is -0.414. The van der Waals surface area contributed by atoms with Crippen LogP contribution in [0.1, 0.15) is 20.8 Å². The van der Waals surface area contributed by atoms with Gasteiger partial charge in [-0.2, -0.15) is 11.8 Å². The minimum absolute atomic E-state index is 0.264. The largest absolute Gasteiger partial charge is 0.444 e. The molecular weight excluding hydrogens is 224 g/mol. The van der Waals surface area contributed by atoms with Crippen LogP contribution in [-0.4, -0.2) is 41.8 Å². The Kier molecular flexibility index (Phi) is 3.35. The molecule has 2 aliphatic rings. The molecule has 2 fully saturated rings. The number of hydrogen-bond acceptors (Lipinski definition) is 4. The zero-order chi connectivity index (χ0) is 11.8. The predicted molar refractivity (Wildman–Crippen MR) is 65.8 cm³/mol. The third kappa shape index (κ3) is 2.83. The number of rotatable bonds is 1. The van der Waals surface area contributed by atoms with Gasteiger partial charge in [-0.15, -0.1) is 0 Å². The zero-order valence-corrected chi connectivity index (χ0v) is 10.9.